The average Bonchev–Trinajstić information content (AvgIpc) is 2.62. The highest BCUT2D eigenvalue weighted by Crippen LogP contribution is 2.11. The van der Waals surface area contributed by atoms with E-state index < -0.39 is 0 Å². The van der Waals surface area contributed by atoms with Gasteiger partial charge in [0.2, 0.25) is 0 Å². The van der Waals surface area contributed by atoms with E-state index in [4.69, 9.17) is 10.5 Å². The van der Waals surface area contributed by atoms with Crippen molar-refractivity contribution in [2.45, 2.75) is 32.9 Å². The lowest BCUT2D eigenvalue weighted by Gasteiger charge is -2.09. The maximum atomic E-state index is 5.97. The summed E-state index contributed by atoms with van der Waals surface area (Å²) in [6.45, 7) is 4.86. The number of rotatable bonds is 9. The van der Waals surface area contributed by atoms with Crippen molar-refractivity contribution in [2.75, 3.05) is 13.2 Å². The summed E-state index contributed by atoms with van der Waals surface area (Å²) in [5.41, 5.74) is 9.58. The fourth-order valence-electron chi connectivity index (χ4n) is 2.38. The molecular weight excluding hydrogens is 425 g/mol. The maximum Gasteiger partial charge on any atom is 0.188 e. The molecule has 2 aromatic carbocycles. The molecule has 4 nitrogen and oxygen atoms in total. The van der Waals surface area contributed by atoms with Crippen LogP contribution >= 0.6 is 24.0 Å². The molecule has 0 aliphatic carbocycles. The second-order valence-electron chi connectivity index (χ2n) is 5.69. The van der Waals surface area contributed by atoms with Crippen LogP contribution in [0.3, 0.4) is 0 Å². The number of nitrogens with one attached hydrogen (secondary N) is 1. The minimum absolute atomic E-state index is 0. The number of hydrogen-bond acceptors (Lipinski definition) is 2. The zero-order chi connectivity index (χ0) is 17.0. The smallest absolute Gasteiger partial charge is 0.188 e. The van der Waals surface area contributed by atoms with Gasteiger partial charge in [0, 0.05) is 13.2 Å². The summed E-state index contributed by atoms with van der Waals surface area (Å²) in [5.74, 6) is 0.482. The first kappa shape index (κ1) is 21.4. The van der Waals surface area contributed by atoms with Gasteiger partial charge in [0.15, 0.2) is 5.96 Å². The van der Waals surface area contributed by atoms with E-state index in [9.17, 15) is 0 Å². The van der Waals surface area contributed by atoms with Crippen molar-refractivity contribution >= 4 is 29.9 Å². The molecule has 0 saturated heterocycles. The molecule has 0 aliphatic heterocycles. The van der Waals surface area contributed by atoms with E-state index in [1.165, 1.54) is 11.1 Å². The number of guanidine groups is 1. The number of ether oxygens (including phenoxy) is 1. The van der Waals surface area contributed by atoms with E-state index >= 15 is 0 Å². The molecule has 0 atom stereocenters. The second-order valence-corrected chi connectivity index (χ2v) is 5.69. The van der Waals surface area contributed by atoms with Gasteiger partial charge in [-0.15, -0.1) is 24.0 Å². The van der Waals surface area contributed by atoms with E-state index in [1.807, 2.05) is 30.3 Å². The van der Waals surface area contributed by atoms with Crippen LogP contribution in [-0.2, 0) is 24.3 Å². The molecule has 0 fully saturated rings. The number of halogens is 1. The number of aliphatic imine (C=N–C) groups is 1. The molecule has 0 aromatic heterocycles. The molecule has 136 valence electrons. The van der Waals surface area contributed by atoms with Crippen LogP contribution in [0.5, 0.6) is 0 Å². The van der Waals surface area contributed by atoms with Crippen molar-refractivity contribution in [3.8, 4) is 0 Å². The lowest BCUT2D eigenvalue weighted by atomic mass is 10.1. The van der Waals surface area contributed by atoms with E-state index in [2.05, 4.69) is 41.5 Å². The van der Waals surface area contributed by atoms with Crippen molar-refractivity contribution in [1.29, 1.82) is 0 Å². The molecule has 0 unspecified atom stereocenters. The maximum absolute atomic E-state index is 5.97. The molecule has 5 heteroatoms. The largest absolute Gasteiger partial charge is 0.377 e. The van der Waals surface area contributed by atoms with E-state index in [-0.39, 0.29) is 24.0 Å². The van der Waals surface area contributed by atoms with Gasteiger partial charge in [-0.3, -0.25) is 0 Å². The van der Waals surface area contributed by atoms with Crippen molar-refractivity contribution in [3.05, 3.63) is 71.3 Å². The Morgan fingerprint density at radius 2 is 1.72 bits per heavy atom. The topological polar surface area (TPSA) is 59.6 Å². The first-order valence-electron chi connectivity index (χ1n) is 8.52. The molecule has 2 aromatic rings. The van der Waals surface area contributed by atoms with Gasteiger partial charge in [-0.25, -0.2) is 4.99 Å². The molecule has 0 amide bonds. The Morgan fingerprint density at radius 1 is 1.04 bits per heavy atom. The van der Waals surface area contributed by atoms with Crippen LogP contribution in [0.2, 0.25) is 0 Å². The van der Waals surface area contributed by atoms with Gasteiger partial charge in [0.25, 0.3) is 0 Å². The summed E-state index contributed by atoms with van der Waals surface area (Å²) in [7, 11) is 0. The summed E-state index contributed by atoms with van der Waals surface area (Å²) in [6.07, 6.45) is 1.96. The van der Waals surface area contributed by atoms with Gasteiger partial charge >= 0.3 is 0 Å². The highest BCUT2D eigenvalue weighted by molar-refractivity contribution is 14.0. The third-order valence-corrected chi connectivity index (χ3v) is 3.71. The number of benzene rings is 2. The Labute approximate surface area is 167 Å². The Balaban J connectivity index is 0.00000312. The van der Waals surface area contributed by atoms with Crippen LogP contribution in [0.1, 0.15) is 30.0 Å². The number of nitrogens with two attached hydrogens (primary N) is 1. The monoisotopic (exact) mass is 453 g/mol. The molecule has 0 aliphatic rings. The van der Waals surface area contributed by atoms with Crippen LogP contribution in [0.25, 0.3) is 0 Å². The molecule has 0 radical (unpaired) electrons. The fraction of sp³-hybridized carbons (Fsp3) is 0.350. The third kappa shape index (κ3) is 8.36. The van der Waals surface area contributed by atoms with Gasteiger partial charge < -0.3 is 15.8 Å². The van der Waals surface area contributed by atoms with Gasteiger partial charge in [0.1, 0.15) is 0 Å². The average molecular weight is 453 g/mol. The van der Waals surface area contributed by atoms with Crippen LogP contribution in [0.15, 0.2) is 59.6 Å². The Hall–Kier alpha value is -1.60. The van der Waals surface area contributed by atoms with Crippen LogP contribution in [-0.4, -0.2) is 19.1 Å². The molecule has 0 spiro atoms. The zero-order valence-corrected chi connectivity index (χ0v) is 17.1. The lowest BCUT2D eigenvalue weighted by molar-refractivity contribution is 0.121. The minimum atomic E-state index is 0. The predicted octanol–water partition coefficient (Wildman–Crippen LogP) is 3.88. The van der Waals surface area contributed by atoms with Crippen LogP contribution in [0.4, 0.5) is 0 Å². The highest BCUT2D eigenvalue weighted by atomic mass is 127. The molecule has 0 heterocycles. The van der Waals surface area contributed by atoms with E-state index in [1.54, 1.807) is 0 Å². The van der Waals surface area contributed by atoms with Crippen molar-refractivity contribution in [3.63, 3.8) is 0 Å². The number of nitrogens with zero attached hydrogens (tertiary/aromatic N) is 1. The van der Waals surface area contributed by atoms with Crippen LogP contribution < -0.4 is 11.1 Å². The molecule has 2 rings (SSSR count). The van der Waals surface area contributed by atoms with E-state index in [0.717, 1.165) is 31.6 Å². The molecule has 25 heavy (non-hydrogen) atoms. The highest BCUT2D eigenvalue weighted by Gasteiger charge is 2.02. The van der Waals surface area contributed by atoms with Crippen molar-refractivity contribution in [1.82, 2.24) is 5.32 Å². The van der Waals surface area contributed by atoms with Gasteiger partial charge in [0.05, 0.1) is 13.2 Å². The first-order valence-corrected chi connectivity index (χ1v) is 8.52. The summed E-state index contributed by atoms with van der Waals surface area (Å²) in [5, 5.41) is 3.17. The van der Waals surface area contributed by atoms with E-state index in [0.29, 0.717) is 19.1 Å². The van der Waals surface area contributed by atoms with Crippen molar-refractivity contribution in [2.24, 2.45) is 10.7 Å². The second kappa shape index (κ2) is 12.7. The predicted molar refractivity (Wildman–Crippen MR) is 115 cm³/mol. The number of hydrogen-bond donors (Lipinski definition) is 2. The zero-order valence-electron chi connectivity index (χ0n) is 14.8. The summed E-state index contributed by atoms with van der Waals surface area (Å²) >= 11 is 0. The molecule has 3 N–H and O–H groups in total. The van der Waals surface area contributed by atoms with Crippen molar-refractivity contribution < 1.29 is 4.74 Å². The van der Waals surface area contributed by atoms with Gasteiger partial charge in [-0.2, -0.15) is 0 Å². The Morgan fingerprint density at radius 3 is 2.44 bits per heavy atom. The Bertz CT molecular complexity index is 632. The molecule has 0 bridgehead atoms. The normalized spacial score (nSPS) is 11.0. The minimum Gasteiger partial charge on any atom is -0.377 e. The summed E-state index contributed by atoms with van der Waals surface area (Å²) in [4.78, 5) is 4.44. The van der Waals surface area contributed by atoms with Crippen LogP contribution in [0, 0.1) is 0 Å². The molecular formula is C20H28IN3O. The SMILES string of the molecule is CCCOCc1ccccc1CN=C(N)NCCc1ccccc1.I. The third-order valence-electron chi connectivity index (χ3n) is 3.71. The first-order chi connectivity index (χ1) is 11.8. The summed E-state index contributed by atoms with van der Waals surface area (Å²) < 4.78 is 5.63. The quantitative estimate of drug-likeness (QED) is 0.262. The lowest BCUT2D eigenvalue weighted by Crippen LogP contribution is -2.33. The fourth-order valence-corrected chi connectivity index (χ4v) is 2.38. The van der Waals surface area contributed by atoms with Gasteiger partial charge in [-0.05, 0) is 29.5 Å². The van der Waals surface area contributed by atoms with Gasteiger partial charge in [-0.1, -0.05) is 61.5 Å². The standard InChI is InChI=1S/C20H27N3O.HI/c1-2-14-24-16-19-11-7-6-10-18(19)15-23-20(21)22-13-12-17-8-4-3-5-9-17;/h3-11H,2,12-16H2,1H3,(H3,21,22,23);1H. The summed E-state index contributed by atoms with van der Waals surface area (Å²) in [6, 6.07) is 18.5. The molecule has 0 saturated carbocycles. The Kier molecular flexibility index (Phi) is 10.9.